The van der Waals surface area contributed by atoms with Gasteiger partial charge < -0.3 is 15.3 Å². The Morgan fingerprint density at radius 3 is 2.84 bits per heavy atom. The zero-order valence-electron chi connectivity index (χ0n) is 11.9. The van der Waals surface area contributed by atoms with Crippen LogP contribution in [-0.2, 0) is 6.54 Å². The van der Waals surface area contributed by atoms with Crippen molar-refractivity contribution in [2.24, 2.45) is 5.92 Å². The molecule has 1 aromatic heterocycles. The molecular formula is C14H25N3OS. The molecule has 19 heavy (non-hydrogen) atoms. The van der Waals surface area contributed by atoms with Gasteiger partial charge in [-0.05, 0) is 52.2 Å². The number of aromatic nitrogens is 1. The highest BCUT2D eigenvalue weighted by Gasteiger charge is 2.19. The second-order valence-corrected chi connectivity index (χ2v) is 6.89. The summed E-state index contributed by atoms with van der Waals surface area (Å²) in [4.78, 5) is 7.96. The second kappa shape index (κ2) is 7.33. The highest BCUT2D eigenvalue weighted by molar-refractivity contribution is 7.11. The Bertz CT molecular complexity index is 373. The van der Waals surface area contributed by atoms with Gasteiger partial charge >= 0.3 is 0 Å². The molecule has 0 aromatic carbocycles. The van der Waals surface area contributed by atoms with Crippen LogP contribution in [0.4, 0.5) is 0 Å². The van der Waals surface area contributed by atoms with E-state index in [0.717, 1.165) is 43.6 Å². The number of aryl methyl sites for hydroxylation is 1. The van der Waals surface area contributed by atoms with Gasteiger partial charge in [0.15, 0.2) is 0 Å². The molecule has 1 aromatic rings. The molecule has 2 rings (SSSR count). The monoisotopic (exact) mass is 283 g/mol. The van der Waals surface area contributed by atoms with Crippen LogP contribution in [0.5, 0.6) is 0 Å². The zero-order chi connectivity index (χ0) is 13.7. The molecule has 1 fully saturated rings. The molecule has 108 valence electrons. The van der Waals surface area contributed by atoms with Crippen LogP contribution in [0.3, 0.4) is 0 Å². The molecule has 1 atom stereocenters. The summed E-state index contributed by atoms with van der Waals surface area (Å²) >= 11 is 1.77. The summed E-state index contributed by atoms with van der Waals surface area (Å²) in [5.74, 6) is 0.777. The fourth-order valence-electron chi connectivity index (χ4n) is 2.63. The van der Waals surface area contributed by atoms with Crippen LogP contribution in [0.15, 0.2) is 6.20 Å². The van der Waals surface area contributed by atoms with Crippen LogP contribution in [0.2, 0.25) is 0 Å². The van der Waals surface area contributed by atoms with Gasteiger partial charge in [0.25, 0.3) is 0 Å². The molecule has 0 aliphatic carbocycles. The van der Waals surface area contributed by atoms with E-state index in [0.29, 0.717) is 0 Å². The Hall–Kier alpha value is -0.490. The Morgan fingerprint density at radius 1 is 1.53 bits per heavy atom. The van der Waals surface area contributed by atoms with Crippen molar-refractivity contribution in [2.45, 2.75) is 39.3 Å². The highest BCUT2D eigenvalue weighted by Crippen LogP contribution is 2.17. The number of piperidine rings is 1. The van der Waals surface area contributed by atoms with Crippen LogP contribution in [0, 0.1) is 12.8 Å². The molecule has 5 heteroatoms. The summed E-state index contributed by atoms with van der Waals surface area (Å²) in [7, 11) is 0. The molecule has 1 saturated heterocycles. The van der Waals surface area contributed by atoms with Gasteiger partial charge in [0.2, 0.25) is 0 Å². The maximum absolute atomic E-state index is 9.38. The van der Waals surface area contributed by atoms with Crippen molar-refractivity contribution in [3.8, 4) is 0 Å². The van der Waals surface area contributed by atoms with Crippen LogP contribution in [0.1, 0.15) is 29.7 Å². The fourth-order valence-corrected chi connectivity index (χ4v) is 3.40. The quantitative estimate of drug-likeness (QED) is 0.833. The average molecular weight is 283 g/mol. The van der Waals surface area contributed by atoms with E-state index in [2.05, 4.69) is 15.2 Å². The number of nitrogens with zero attached hydrogens (tertiary/aromatic N) is 2. The summed E-state index contributed by atoms with van der Waals surface area (Å²) in [6, 6.07) is 0. The smallest absolute Gasteiger partial charge is 0.0897 e. The van der Waals surface area contributed by atoms with E-state index in [1.165, 1.54) is 17.7 Å². The molecule has 4 nitrogen and oxygen atoms in total. The zero-order valence-corrected chi connectivity index (χ0v) is 12.7. The van der Waals surface area contributed by atoms with Crippen LogP contribution < -0.4 is 5.32 Å². The van der Waals surface area contributed by atoms with E-state index in [4.69, 9.17) is 0 Å². The van der Waals surface area contributed by atoms with Gasteiger partial charge in [0.05, 0.1) is 11.1 Å². The molecule has 1 aliphatic rings. The third kappa shape index (κ3) is 5.18. The van der Waals surface area contributed by atoms with Crippen molar-refractivity contribution >= 4 is 11.3 Å². The van der Waals surface area contributed by atoms with E-state index in [1.807, 2.05) is 20.0 Å². The number of likely N-dealkylation sites (tertiary alicyclic amines) is 1. The first-order valence-electron chi connectivity index (χ1n) is 7.16. The molecular weight excluding hydrogens is 258 g/mol. The molecule has 0 radical (unpaired) electrons. The van der Waals surface area contributed by atoms with E-state index >= 15 is 0 Å². The number of hydrogen-bond acceptors (Lipinski definition) is 5. The number of aliphatic hydroxyl groups is 1. The minimum atomic E-state index is -0.204. The Balaban J connectivity index is 1.60. The predicted octanol–water partition coefficient (Wildman–Crippen LogP) is 1.63. The lowest BCUT2D eigenvalue weighted by Crippen LogP contribution is -2.40. The van der Waals surface area contributed by atoms with Gasteiger partial charge in [-0.15, -0.1) is 11.3 Å². The van der Waals surface area contributed by atoms with Crippen LogP contribution in [0.25, 0.3) is 0 Å². The van der Waals surface area contributed by atoms with Gasteiger partial charge in [-0.25, -0.2) is 4.98 Å². The number of hydrogen-bond donors (Lipinski definition) is 2. The van der Waals surface area contributed by atoms with Crippen LogP contribution in [-0.4, -0.2) is 47.3 Å². The maximum Gasteiger partial charge on any atom is 0.0897 e. The largest absolute Gasteiger partial charge is 0.392 e. The lowest BCUT2D eigenvalue weighted by molar-refractivity contribution is 0.0998. The van der Waals surface area contributed by atoms with E-state index < -0.39 is 0 Å². The molecule has 2 N–H and O–H groups in total. The molecule has 0 saturated carbocycles. The molecule has 0 bridgehead atoms. The number of thiazole rings is 1. The summed E-state index contributed by atoms with van der Waals surface area (Å²) in [6.45, 7) is 9.02. The Kier molecular flexibility index (Phi) is 5.76. The highest BCUT2D eigenvalue weighted by atomic mass is 32.1. The first-order chi connectivity index (χ1) is 9.13. The molecule has 0 spiro atoms. The van der Waals surface area contributed by atoms with Crippen LogP contribution >= 0.6 is 11.3 Å². The fraction of sp³-hybridized carbons (Fsp3) is 0.786. The van der Waals surface area contributed by atoms with Crippen molar-refractivity contribution in [3.63, 3.8) is 0 Å². The van der Waals surface area contributed by atoms with E-state index in [-0.39, 0.29) is 6.10 Å². The van der Waals surface area contributed by atoms with E-state index in [9.17, 15) is 5.11 Å². The maximum atomic E-state index is 9.38. The normalized spacial score (nSPS) is 19.7. The van der Waals surface area contributed by atoms with Gasteiger partial charge in [0.1, 0.15) is 0 Å². The minimum Gasteiger partial charge on any atom is -0.392 e. The molecule has 0 amide bonds. The third-order valence-electron chi connectivity index (χ3n) is 3.63. The van der Waals surface area contributed by atoms with Gasteiger partial charge in [-0.1, -0.05) is 0 Å². The van der Waals surface area contributed by atoms with Crippen molar-refractivity contribution in [2.75, 3.05) is 26.2 Å². The predicted molar refractivity (Wildman–Crippen MR) is 79.4 cm³/mol. The molecule has 1 aliphatic heterocycles. The average Bonchev–Trinajstić information content (AvgIpc) is 2.77. The van der Waals surface area contributed by atoms with Crippen molar-refractivity contribution in [1.29, 1.82) is 0 Å². The number of aliphatic hydroxyl groups excluding tert-OH is 1. The van der Waals surface area contributed by atoms with Gasteiger partial charge in [0, 0.05) is 24.2 Å². The minimum absolute atomic E-state index is 0.204. The summed E-state index contributed by atoms with van der Waals surface area (Å²) in [5, 5.41) is 14.1. The molecule has 0 unspecified atom stereocenters. The summed E-state index contributed by atoms with van der Waals surface area (Å²) < 4.78 is 0. The number of nitrogens with one attached hydrogen (secondary N) is 1. The van der Waals surface area contributed by atoms with Gasteiger partial charge in [-0.3, -0.25) is 0 Å². The summed E-state index contributed by atoms with van der Waals surface area (Å²) in [6.07, 6.45) is 4.24. The second-order valence-electron chi connectivity index (χ2n) is 5.57. The standard InChI is InChI=1S/C14H25N3OS/c1-11(18)10-17-5-3-13(4-6-17)7-15-8-14-9-16-12(2)19-14/h9,11,13,15,18H,3-8,10H2,1-2H3/t11-/m0/s1. The third-order valence-corrected chi connectivity index (χ3v) is 4.54. The SMILES string of the molecule is Cc1ncc(CNCC2CCN(C[C@H](C)O)CC2)s1. The number of rotatable bonds is 6. The first kappa shape index (κ1) is 14.9. The lowest BCUT2D eigenvalue weighted by atomic mass is 9.96. The Morgan fingerprint density at radius 2 is 2.26 bits per heavy atom. The molecule has 2 heterocycles. The summed E-state index contributed by atoms with van der Waals surface area (Å²) in [5.41, 5.74) is 0. The lowest BCUT2D eigenvalue weighted by Gasteiger charge is -2.32. The van der Waals surface area contributed by atoms with Crippen molar-refractivity contribution < 1.29 is 5.11 Å². The Labute approximate surface area is 119 Å². The van der Waals surface area contributed by atoms with Crippen molar-refractivity contribution in [1.82, 2.24) is 15.2 Å². The first-order valence-corrected chi connectivity index (χ1v) is 7.97. The topological polar surface area (TPSA) is 48.4 Å². The van der Waals surface area contributed by atoms with Crippen molar-refractivity contribution in [3.05, 3.63) is 16.1 Å². The van der Waals surface area contributed by atoms with E-state index in [1.54, 1.807) is 11.3 Å². The number of β-amino-alcohol motifs (C(OH)–C–C–N with tert-alkyl or cyclic N) is 1. The van der Waals surface area contributed by atoms with Gasteiger partial charge in [-0.2, -0.15) is 0 Å².